The molecule has 82 heavy (non-hydrogen) atoms. The van der Waals surface area contributed by atoms with Crippen LogP contribution in [0.2, 0.25) is 0 Å². The van der Waals surface area contributed by atoms with E-state index in [9.17, 15) is 24.3 Å². The highest BCUT2D eigenvalue weighted by Gasteiger charge is 2.24. The molecule has 8 heterocycles. The molecule has 0 radical (unpaired) electrons. The number of aliphatic hydroxyl groups is 2. The predicted molar refractivity (Wildman–Crippen MR) is 314 cm³/mol. The van der Waals surface area contributed by atoms with Crippen LogP contribution in [0.3, 0.4) is 0 Å². The molecule has 0 unspecified atom stereocenters. The van der Waals surface area contributed by atoms with Crippen LogP contribution in [0.4, 0.5) is 44.0 Å². The Balaban J connectivity index is 0.000000176. The first-order valence-electron chi connectivity index (χ1n) is 27.0. The summed E-state index contributed by atoms with van der Waals surface area (Å²) >= 11 is 0. The summed E-state index contributed by atoms with van der Waals surface area (Å²) in [4.78, 5) is 64.4. The number of carbonyl (C=O) groups is 4. The highest BCUT2D eigenvalue weighted by molar-refractivity contribution is 6.01. The maximum absolute atomic E-state index is 12.7. The van der Waals surface area contributed by atoms with Crippen molar-refractivity contribution in [2.24, 2.45) is 0 Å². The number of fused-ring (bicyclic) bond motifs is 2. The van der Waals surface area contributed by atoms with Crippen LogP contribution in [0.5, 0.6) is 0 Å². The number of carboxylic acids is 1. The van der Waals surface area contributed by atoms with Crippen molar-refractivity contribution in [1.29, 1.82) is 0 Å². The van der Waals surface area contributed by atoms with Crippen LogP contribution < -0.4 is 36.4 Å². The van der Waals surface area contributed by atoms with E-state index in [0.717, 1.165) is 85.9 Å². The molecule has 0 saturated carbocycles. The maximum atomic E-state index is 12.7. The Hall–Kier alpha value is -9.00. The Kier molecular flexibility index (Phi) is 19.3. The summed E-state index contributed by atoms with van der Waals surface area (Å²) in [7, 11) is 0. The molecule has 4 aliphatic rings. The van der Waals surface area contributed by atoms with Gasteiger partial charge in [0, 0.05) is 91.1 Å². The third-order valence-electron chi connectivity index (χ3n) is 14.0. The van der Waals surface area contributed by atoms with E-state index in [-0.39, 0.29) is 31.1 Å². The number of aromatic carboxylic acids is 1. The molecule has 8 aromatic rings. The molecule has 4 fully saturated rings. The van der Waals surface area contributed by atoms with Gasteiger partial charge in [0.15, 0.2) is 23.3 Å². The second-order valence-electron chi connectivity index (χ2n) is 19.7. The molecular formula is C59H68N14O9. The number of urea groups is 2. The van der Waals surface area contributed by atoms with Gasteiger partial charge in [0.05, 0.1) is 44.2 Å². The lowest BCUT2D eigenvalue weighted by Crippen LogP contribution is -2.40. The van der Waals surface area contributed by atoms with Gasteiger partial charge in [-0.2, -0.15) is 0 Å². The van der Waals surface area contributed by atoms with Gasteiger partial charge in [-0.1, -0.05) is 7.43 Å². The fourth-order valence-corrected chi connectivity index (χ4v) is 9.54. The van der Waals surface area contributed by atoms with Crippen molar-refractivity contribution >= 4 is 69.4 Å². The van der Waals surface area contributed by atoms with Crippen LogP contribution in [0.25, 0.3) is 33.8 Å². The molecule has 8 N–H and O–H groups in total. The van der Waals surface area contributed by atoms with Crippen LogP contribution in [0.15, 0.2) is 134 Å². The van der Waals surface area contributed by atoms with Gasteiger partial charge in [0.25, 0.3) is 5.91 Å². The number of hydrogen-bond acceptors (Lipinski definition) is 15. The second kappa shape index (κ2) is 27.4. The first kappa shape index (κ1) is 57.7. The van der Waals surface area contributed by atoms with Gasteiger partial charge in [0.1, 0.15) is 11.0 Å². The fourth-order valence-electron chi connectivity index (χ4n) is 9.54. The largest absolute Gasteiger partial charge is 0.478 e. The van der Waals surface area contributed by atoms with E-state index in [4.69, 9.17) is 29.7 Å². The Labute approximate surface area is 473 Å². The SMILES string of the molecule is C.O=C(Nc1ccc(C(=O)N2CCC(O)CC2)cc1)Nc1ccc(-c2nc(N3CCOCC3)c3cccn3n2)cc1.O=C(Nc1ccc(C(=O)O)cc1)Nc1ccc(-c2nc(N3CCOCC3)c3cccn3n2)cc1.OC1CCNCC1. The first-order chi connectivity index (χ1) is 39.5. The van der Waals surface area contributed by atoms with Crippen LogP contribution in [-0.4, -0.2) is 164 Å². The normalized spacial score (nSPS) is 15.7. The number of anilines is 6. The fraction of sp³-hybridized carbons (Fsp3) is 0.322. The number of piperidine rings is 2. The van der Waals surface area contributed by atoms with E-state index in [1.165, 1.54) is 24.3 Å². The zero-order chi connectivity index (χ0) is 56.1. The minimum Gasteiger partial charge on any atom is -0.478 e. The van der Waals surface area contributed by atoms with E-state index >= 15 is 0 Å². The van der Waals surface area contributed by atoms with Gasteiger partial charge < -0.3 is 66.1 Å². The smallest absolute Gasteiger partial charge is 0.335 e. The minimum absolute atomic E-state index is 0. The van der Waals surface area contributed by atoms with Crippen molar-refractivity contribution in [3.8, 4) is 22.8 Å². The van der Waals surface area contributed by atoms with Gasteiger partial charge in [-0.25, -0.2) is 33.4 Å². The van der Waals surface area contributed by atoms with Gasteiger partial charge in [-0.05, 0) is 160 Å². The lowest BCUT2D eigenvalue weighted by molar-refractivity contribution is 0.0545. The topological polar surface area (TPSA) is 278 Å². The molecule has 4 aromatic carbocycles. The molecule has 4 aromatic heterocycles. The number of amides is 5. The number of likely N-dealkylation sites (tertiary alicyclic amines) is 1. The lowest BCUT2D eigenvalue weighted by Gasteiger charge is -2.29. The van der Waals surface area contributed by atoms with Crippen LogP contribution in [0.1, 0.15) is 53.8 Å². The third-order valence-corrected chi connectivity index (χ3v) is 14.0. The van der Waals surface area contributed by atoms with Gasteiger partial charge in [0.2, 0.25) is 0 Å². The van der Waals surface area contributed by atoms with E-state index in [1.54, 1.807) is 41.3 Å². The van der Waals surface area contributed by atoms with Crippen LogP contribution in [-0.2, 0) is 9.47 Å². The zero-order valence-electron chi connectivity index (χ0n) is 44.5. The number of carboxylic acid groups (broad SMARTS) is 1. The number of ether oxygens (including phenoxy) is 2. The number of hydrogen-bond donors (Lipinski definition) is 8. The molecule has 0 atom stereocenters. The molecular weight excluding hydrogens is 1050 g/mol. The Morgan fingerprint density at radius 2 is 0.878 bits per heavy atom. The number of carbonyl (C=O) groups excluding carboxylic acids is 3. The maximum Gasteiger partial charge on any atom is 0.335 e. The van der Waals surface area contributed by atoms with Crippen molar-refractivity contribution in [2.45, 2.75) is 45.3 Å². The lowest BCUT2D eigenvalue weighted by atomic mass is 10.1. The highest BCUT2D eigenvalue weighted by atomic mass is 16.5. The summed E-state index contributed by atoms with van der Waals surface area (Å²) < 4.78 is 14.6. The quantitative estimate of drug-likeness (QED) is 0.0662. The molecule has 428 valence electrons. The van der Waals surface area contributed by atoms with E-state index in [1.807, 2.05) is 82.1 Å². The third kappa shape index (κ3) is 14.9. The van der Waals surface area contributed by atoms with Gasteiger partial charge in [-0.15, -0.1) is 10.2 Å². The van der Waals surface area contributed by atoms with Crippen molar-refractivity contribution in [2.75, 3.05) is 110 Å². The van der Waals surface area contributed by atoms with Crippen molar-refractivity contribution in [1.82, 2.24) is 39.4 Å². The number of aromatic nitrogens is 6. The molecule has 23 heteroatoms. The summed E-state index contributed by atoms with van der Waals surface area (Å²) in [5.74, 6) is 1.83. The number of aliphatic hydroxyl groups excluding tert-OH is 2. The number of rotatable bonds is 10. The first-order valence-corrected chi connectivity index (χ1v) is 27.0. The molecule has 5 amide bonds. The Morgan fingerprint density at radius 1 is 0.500 bits per heavy atom. The summed E-state index contributed by atoms with van der Waals surface area (Å²) in [6.45, 7) is 8.83. The van der Waals surface area contributed by atoms with Crippen molar-refractivity contribution in [3.63, 3.8) is 0 Å². The summed E-state index contributed by atoms with van der Waals surface area (Å²) in [5.41, 5.74) is 6.52. The molecule has 0 bridgehead atoms. The number of benzene rings is 4. The van der Waals surface area contributed by atoms with E-state index in [2.05, 4.69) is 46.6 Å². The molecule has 4 aliphatic heterocycles. The van der Waals surface area contributed by atoms with E-state index in [0.29, 0.717) is 92.3 Å². The Bertz CT molecular complexity index is 3410. The van der Waals surface area contributed by atoms with Crippen molar-refractivity contribution in [3.05, 3.63) is 145 Å². The molecule has 4 saturated heterocycles. The number of nitrogens with zero attached hydrogens (tertiary/aromatic N) is 9. The second-order valence-corrected chi connectivity index (χ2v) is 19.7. The summed E-state index contributed by atoms with van der Waals surface area (Å²) in [5, 5.41) is 51.0. The standard InChI is InChI=1S/C29H31N7O4.C24H22N6O4.C5H11NO.CH4/c37-24-11-14-35(15-12-24)28(38)21-5-9-23(10-6-21)31-29(39)30-22-7-3-20(4-8-22)26-32-27(34-16-18-40-19-17-34)25-2-1-13-36(25)33-26;31-23(32)17-5-9-19(10-6-17)26-24(33)25-18-7-3-16(4-8-18)21-27-22(29-12-14-34-15-13-29)20-2-1-11-30(20)28-21;7-5-1-3-6-4-2-5;/h1-10,13,24,37H,11-12,14-19H2,(H2,30,31,39);1-11H,12-15H2,(H,31,32)(H2,25,26,33);5-7H,1-4H2;1H4. The van der Waals surface area contributed by atoms with Gasteiger partial charge >= 0.3 is 18.0 Å². The average molecular weight is 1120 g/mol. The van der Waals surface area contributed by atoms with E-state index < -0.39 is 18.0 Å². The predicted octanol–water partition coefficient (Wildman–Crippen LogP) is 7.42. The summed E-state index contributed by atoms with van der Waals surface area (Å²) in [6, 6.07) is 34.4. The number of morpholine rings is 2. The molecule has 0 aliphatic carbocycles. The average Bonchev–Trinajstić information content (AvgIpc) is 3.94. The highest BCUT2D eigenvalue weighted by Crippen LogP contribution is 2.28. The zero-order valence-corrected chi connectivity index (χ0v) is 44.5. The Morgan fingerprint density at radius 3 is 1.26 bits per heavy atom. The minimum atomic E-state index is -1.02. The molecule has 12 rings (SSSR count). The number of nitrogens with one attached hydrogen (secondary N) is 5. The van der Waals surface area contributed by atoms with Crippen molar-refractivity contribution < 1.29 is 44.0 Å². The monoisotopic (exact) mass is 1120 g/mol. The molecule has 0 spiro atoms. The molecule has 23 nitrogen and oxygen atoms in total. The van der Waals surface area contributed by atoms with Crippen LogP contribution in [0, 0.1) is 0 Å². The van der Waals surface area contributed by atoms with Gasteiger partial charge in [-0.3, -0.25) is 4.79 Å². The summed E-state index contributed by atoms with van der Waals surface area (Å²) in [6.07, 6.45) is 6.50. The van der Waals surface area contributed by atoms with Crippen LogP contribution >= 0.6 is 0 Å².